The minimum absolute atomic E-state index is 0.0971. The number of rotatable bonds is 7. The van der Waals surface area contributed by atoms with Gasteiger partial charge in [-0.1, -0.05) is 39.0 Å². The molecule has 17 heavy (non-hydrogen) atoms. The number of carbonyl (C=O) groups is 2. The highest BCUT2D eigenvalue weighted by Gasteiger charge is 2.48. The third-order valence-corrected chi connectivity index (χ3v) is 3.82. The molecule has 0 aromatic heterocycles. The van der Waals surface area contributed by atoms with E-state index in [0.29, 0.717) is 19.3 Å². The number of Topliss-reactive ketones (excluding diaryl/α,β-unsaturated/α-hetero) is 1. The highest BCUT2D eigenvalue weighted by Crippen LogP contribution is 2.40. The van der Waals surface area contributed by atoms with Crippen LogP contribution in [0.2, 0.25) is 0 Å². The number of unbranched alkanes of at least 4 members (excludes halogenated alkanes) is 4. The molecule has 0 heterocycles. The number of ether oxygens (including phenoxy) is 1. The lowest BCUT2D eigenvalue weighted by Crippen LogP contribution is -2.36. The molecule has 1 fully saturated rings. The van der Waals surface area contributed by atoms with Crippen molar-refractivity contribution in [3.8, 4) is 0 Å². The van der Waals surface area contributed by atoms with E-state index in [1.54, 1.807) is 0 Å². The van der Waals surface area contributed by atoms with Gasteiger partial charge in [-0.05, 0) is 19.3 Å². The predicted molar refractivity (Wildman–Crippen MR) is 66.7 cm³/mol. The molecule has 0 aromatic rings. The van der Waals surface area contributed by atoms with Crippen LogP contribution in [-0.2, 0) is 14.3 Å². The van der Waals surface area contributed by atoms with E-state index in [1.807, 2.05) is 0 Å². The smallest absolute Gasteiger partial charge is 0.319 e. The Morgan fingerprint density at radius 3 is 2.53 bits per heavy atom. The summed E-state index contributed by atoms with van der Waals surface area (Å²) in [6.07, 6.45) is 8.46. The Labute approximate surface area is 104 Å². The number of methoxy groups -OCH3 is 1. The van der Waals surface area contributed by atoms with Crippen LogP contribution in [0.25, 0.3) is 0 Å². The molecule has 1 saturated carbocycles. The van der Waals surface area contributed by atoms with E-state index in [1.165, 1.54) is 26.4 Å². The predicted octanol–water partition coefficient (Wildman–Crippen LogP) is 3.26. The Balaban J connectivity index is 2.48. The third-order valence-electron chi connectivity index (χ3n) is 3.82. The van der Waals surface area contributed by atoms with Gasteiger partial charge in [0.05, 0.1) is 7.11 Å². The Morgan fingerprint density at radius 1 is 1.29 bits per heavy atom. The largest absolute Gasteiger partial charge is 0.468 e. The second kappa shape index (κ2) is 6.77. The van der Waals surface area contributed by atoms with Gasteiger partial charge in [-0.2, -0.15) is 0 Å². The number of ketones is 1. The third kappa shape index (κ3) is 3.30. The molecule has 1 rings (SSSR count). The topological polar surface area (TPSA) is 43.4 Å². The maximum Gasteiger partial charge on any atom is 0.319 e. The molecule has 3 heteroatoms. The van der Waals surface area contributed by atoms with Crippen LogP contribution >= 0.6 is 0 Å². The van der Waals surface area contributed by atoms with E-state index in [0.717, 1.165) is 19.3 Å². The summed E-state index contributed by atoms with van der Waals surface area (Å²) < 4.78 is 4.83. The summed E-state index contributed by atoms with van der Waals surface area (Å²) in [6, 6.07) is 0. The van der Waals surface area contributed by atoms with Crippen molar-refractivity contribution in [3.05, 3.63) is 0 Å². The zero-order valence-corrected chi connectivity index (χ0v) is 11.1. The highest BCUT2D eigenvalue weighted by atomic mass is 16.5. The van der Waals surface area contributed by atoms with E-state index >= 15 is 0 Å². The first kappa shape index (κ1) is 14.2. The van der Waals surface area contributed by atoms with Crippen molar-refractivity contribution in [3.63, 3.8) is 0 Å². The molecule has 0 aromatic carbocycles. The van der Waals surface area contributed by atoms with E-state index in [2.05, 4.69) is 6.92 Å². The van der Waals surface area contributed by atoms with E-state index in [4.69, 9.17) is 4.74 Å². The van der Waals surface area contributed by atoms with Crippen LogP contribution in [0, 0.1) is 5.41 Å². The van der Waals surface area contributed by atoms with Crippen molar-refractivity contribution in [2.75, 3.05) is 7.11 Å². The molecule has 1 atom stereocenters. The normalized spacial score (nSPS) is 24.0. The van der Waals surface area contributed by atoms with Crippen LogP contribution in [0.5, 0.6) is 0 Å². The molecule has 1 aliphatic carbocycles. The summed E-state index contributed by atoms with van der Waals surface area (Å²) in [4.78, 5) is 23.7. The lowest BCUT2D eigenvalue weighted by molar-refractivity contribution is -0.157. The van der Waals surface area contributed by atoms with Gasteiger partial charge in [0.15, 0.2) is 0 Å². The van der Waals surface area contributed by atoms with Gasteiger partial charge >= 0.3 is 5.97 Å². The Bertz CT molecular complexity index is 273. The molecule has 3 nitrogen and oxygen atoms in total. The molecule has 1 unspecified atom stereocenters. The van der Waals surface area contributed by atoms with Crippen molar-refractivity contribution < 1.29 is 14.3 Å². The van der Waals surface area contributed by atoms with E-state index < -0.39 is 5.41 Å². The van der Waals surface area contributed by atoms with Gasteiger partial charge in [-0.3, -0.25) is 9.59 Å². The molecule has 0 radical (unpaired) electrons. The van der Waals surface area contributed by atoms with Crippen LogP contribution in [0.3, 0.4) is 0 Å². The maximum atomic E-state index is 11.9. The molecule has 0 bridgehead atoms. The fourth-order valence-electron chi connectivity index (χ4n) is 2.74. The molecule has 1 aliphatic rings. The van der Waals surface area contributed by atoms with Crippen LogP contribution in [0.1, 0.15) is 64.7 Å². The number of hydrogen-bond donors (Lipinski definition) is 0. The van der Waals surface area contributed by atoms with Crippen molar-refractivity contribution in [2.24, 2.45) is 5.41 Å². The summed E-state index contributed by atoms with van der Waals surface area (Å²) in [5.41, 5.74) is -0.791. The molecule has 0 amide bonds. The minimum Gasteiger partial charge on any atom is -0.468 e. The average molecular weight is 240 g/mol. The first-order valence-corrected chi connectivity index (χ1v) is 6.79. The quantitative estimate of drug-likeness (QED) is 0.390. The van der Waals surface area contributed by atoms with Gasteiger partial charge in [0, 0.05) is 6.42 Å². The van der Waals surface area contributed by atoms with Crippen molar-refractivity contribution in [1.29, 1.82) is 0 Å². The average Bonchev–Trinajstić information content (AvgIpc) is 2.71. The summed E-state index contributed by atoms with van der Waals surface area (Å²) in [5, 5.41) is 0. The molecule has 0 aliphatic heterocycles. The number of carbonyl (C=O) groups excluding carboxylic acids is 2. The first-order chi connectivity index (χ1) is 8.17. The van der Waals surface area contributed by atoms with Crippen molar-refractivity contribution >= 4 is 11.8 Å². The molecular formula is C14H24O3. The monoisotopic (exact) mass is 240 g/mol. The second-order valence-corrected chi connectivity index (χ2v) is 5.01. The molecular weight excluding hydrogens is 216 g/mol. The molecule has 0 N–H and O–H groups in total. The first-order valence-electron chi connectivity index (χ1n) is 6.79. The number of hydrogen-bond acceptors (Lipinski definition) is 3. The van der Waals surface area contributed by atoms with Crippen molar-refractivity contribution in [2.45, 2.75) is 64.7 Å². The summed E-state index contributed by atoms with van der Waals surface area (Å²) >= 11 is 0. The van der Waals surface area contributed by atoms with Crippen LogP contribution in [-0.4, -0.2) is 18.9 Å². The van der Waals surface area contributed by atoms with Gasteiger partial charge in [0.1, 0.15) is 11.2 Å². The van der Waals surface area contributed by atoms with Gasteiger partial charge in [-0.15, -0.1) is 0 Å². The Kier molecular flexibility index (Phi) is 5.66. The molecule has 0 spiro atoms. The van der Waals surface area contributed by atoms with Crippen LogP contribution in [0.4, 0.5) is 0 Å². The lowest BCUT2D eigenvalue weighted by atomic mass is 9.80. The fourth-order valence-corrected chi connectivity index (χ4v) is 2.74. The minimum atomic E-state index is -0.791. The summed E-state index contributed by atoms with van der Waals surface area (Å²) in [7, 11) is 1.38. The highest BCUT2D eigenvalue weighted by molar-refractivity contribution is 6.05. The van der Waals surface area contributed by atoms with Gasteiger partial charge in [0.25, 0.3) is 0 Å². The molecule has 98 valence electrons. The number of esters is 1. The van der Waals surface area contributed by atoms with Gasteiger partial charge < -0.3 is 4.74 Å². The maximum absolute atomic E-state index is 11.9. The Hall–Kier alpha value is -0.860. The van der Waals surface area contributed by atoms with E-state index in [9.17, 15) is 9.59 Å². The lowest BCUT2D eigenvalue weighted by Gasteiger charge is -2.24. The fraction of sp³-hybridized carbons (Fsp3) is 0.857. The van der Waals surface area contributed by atoms with Gasteiger partial charge in [0.2, 0.25) is 0 Å². The second-order valence-electron chi connectivity index (χ2n) is 5.01. The van der Waals surface area contributed by atoms with Crippen LogP contribution in [0.15, 0.2) is 0 Å². The Morgan fingerprint density at radius 2 is 2.00 bits per heavy atom. The SMILES string of the molecule is CCCCCCCC1(C(=O)OC)CCCC1=O. The summed E-state index contributed by atoms with van der Waals surface area (Å²) in [5.74, 6) is -0.213. The standard InChI is InChI=1S/C14H24O3/c1-3-4-5-6-7-10-14(13(16)17-2)11-8-9-12(14)15/h3-11H2,1-2H3. The van der Waals surface area contributed by atoms with Crippen LogP contribution < -0.4 is 0 Å². The zero-order valence-electron chi connectivity index (χ0n) is 11.1. The molecule has 0 saturated heterocycles. The van der Waals surface area contributed by atoms with Gasteiger partial charge in [-0.25, -0.2) is 0 Å². The van der Waals surface area contributed by atoms with E-state index in [-0.39, 0.29) is 11.8 Å². The summed E-state index contributed by atoms with van der Waals surface area (Å²) in [6.45, 7) is 2.18. The zero-order chi connectivity index (χ0) is 12.7. The van der Waals surface area contributed by atoms with Crippen molar-refractivity contribution in [1.82, 2.24) is 0 Å².